The summed E-state index contributed by atoms with van der Waals surface area (Å²) in [7, 11) is 0. The van der Waals surface area contributed by atoms with Crippen LogP contribution in [0.15, 0.2) is 24.3 Å². The Morgan fingerprint density at radius 3 is 2.50 bits per heavy atom. The second-order valence-corrected chi connectivity index (χ2v) is 5.93. The minimum atomic E-state index is 0.123. The molecule has 0 unspecified atom stereocenters. The lowest BCUT2D eigenvalue weighted by atomic mass is 10.1. The first-order valence-electron chi connectivity index (χ1n) is 7.49. The highest BCUT2D eigenvalue weighted by atomic mass is 16.3. The number of para-hydroxylation sites is 1. The summed E-state index contributed by atoms with van der Waals surface area (Å²) in [6, 6.07) is 7.09. The zero-order chi connectivity index (χ0) is 13.9. The van der Waals surface area contributed by atoms with Crippen molar-refractivity contribution < 1.29 is 9.90 Å². The zero-order valence-corrected chi connectivity index (χ0v) is 11.8. The van der Waals surface area contributed by atoms with Gasteiger partial charge in [-0.3, -0.25) is 9.69 Å². The number of piperazine rings is 1. The average molecular weight is 274 g/mol. The maximum Gasteiger partial charge on any atom is 0.227 e. The highest BCUT2D eigenvalue weighted by Gasteiger charge is 2.27. The standard InChI is InChI=1S/C16H22N2O2/c19-15-4-2-1-3-14(15)11-16(20)18-9-7-17(8-10-18)12-13-5-6-13/h1-4,13,19H,5-12H2. The van der Waals surface area contributed by atoms with Crippen molar-refractivity contribution in [1.82, 2.24) is 9.80 Å². The van der Waals surface area contributed by atoms with Crippen LogP contribution in [0.1, 0.15) is 18.4 Å². The molecule has 1 amide bonds. The second-order valence-electron chi connectivity index (χ2n) is 5.93. The predicted molar refractivity (Wildman–Crippen MR) is 77.6 cm³/mol. The van der Waals surface area contributed by atoms with E-state index in [2.05, 4.69) is 4.90 Å². The summed E-state index contributed by atoms with van der Waals surface area (Å²) >= 11 is 0. The highest BCUT2D eigenvalue weighted by Crippen LogP contribution is 2.30. The van der Waals surface area contributed by atoms with Crippen molar-refractivity contribution >= 4 is 5.91 Å². The summed E-state index contributed by atoms with van der Waals surface area (Å²) in [5.41, 5.74) is 0.720. The summed E-state index contributed by atoms with van der Waals surface area (Å²) in [6.07, 6.45) is 3.06. The molecule has 2 aliphatic rings. The van der Waals surface area contributed by atoms with E-state index in [1.165, 1.54) is 19.4 Å². The van der Waals surface area contributed by atoms with E-state index in [0.717, 1.165) is 37.7 Å². The molecule has 1 saturated heterocycles. The maximum atomic E-state index is 12.3. The largest absolute Gasteiger partial charge is 0.508 e. The van der Waals surface area contributed by atoms with Gasteiger partial charge < -0.3 is 10.0 Å². The third-order valence-electron chi connectivity index (χ3n) is 4.27. The number of rotatable bonds is 4. The van der Waals surface area contributed by atoms with Crippen LogP contribution in [0, 0.1) is 5.92 Å². The van der Waals surface area contributed by atoms with E-state index >= 15 is 0 Å². The molecular weight excluding hydrogens is 252 g/mol. The predicted octanol–water partition coefficient (Wildman–Crippen LogP) is 1.49. The molecule has 1 N–H and O–H groups in total. The second kappa shape index (κ2) is 5.83. The van der Waals surface area contributed by atoms with Gasteiger partial charge in [-0.2, -0.15) is 0 Å². The topological polar surface area (TPSA) is 43.8 Å². The molecule has 1 aliphatic heterocycles. The van der Waals surface area contributed by atoms with Crippen LogP contribution in [0.4, 0.5) is 0 Å². The van der Waals surface area contributed by atoms with Gasteiger partial charge in [-0.1, -0.05) is 18.2 Å². The van der Waals surface area contributed by atoms with Crippen molar-refractivity contribution in [2.45, 2.75) is 19.3 Å². The van der Waals surface area contributed by atoms with E-state index in [1.54, 1.807) is 12.1 Å². The maximum absolute atomic E-state index is 12.3. The van der Waals surface area contributed by atoms with Crippen LogP contribution in [0.5, 0.6) is 5.75 Å². The van der Waals surface area contributed by atoms with Crippen LogP contribution >= 0.6 is 0 Å². The average Bonchev–Trinajstić information content (AvgIpc) is 3.26. The fraction of sp³-hybridized carbons (Fsp3) is 0.562. The molecule has 108 valence electrons. The quantitative estimate of drug-likeness (QED) is 0.904. The Balaban J connectivity index is 1.50. The number of phenols is 1. The van der Waals surface area contributed by atoms with Crippen molar-refractivity contribution in [1.29, 1.82) is 0 Å². The van der Waals surface area contributed by atoms with Gasteiger partial charge >= 0.3 is 0 Å². The summed E-state index contributed by atoms with van der Waals surface area (Å²) in [6.45, 7) is 4.83. The molecule has 4 nitrogen and oxygen atoms in total. The lowest BCUT2D eigenvalue weighted by Crippen LogP contribution is -2.49. The van der Waals surface area contributed by atoms with E-state index in [0.29, 0.717) is 6.42 Å². The summed E-state index contributed by atoms with van der Waals surface area (Å²) in [4.78, 5) is 16.7. The fourth-order valence-corrected chi connectivity index (χ4v) is 2.78. The molecule has 0 spiro atoms. The van der Waals surface area contributed by atoms with Crippen LogP contribution < -0.4 is 0 Å². The number of benzene rings is 1. The molecule has 1 saturated carbocycles. The highest BCUT2D eigenvalue weighted by molar-refractivity contribution is 5.79. The van der Waals surface area contributed by atoms with Gasteiger partial charge in [0.25, 0.3) is 0 Å². The first-order valence-corrected chi connectivity index (χ1v) is 7.49. The normalized spacial score (nSPS) is 20.1. The van der Waals surface area contributed by atoms with Crippen LogP contribution in [0.2, 0.25) is 0 Å². The summed E-state index contributed by atoms with van der Waals surface area (Å²) in [5, 5.41) is 9.73. The number of amides is 1. The fourth-order valence-electron chi connectivity index (χ4n) is 2.78. The lowest BCUT2D eigenvalue weighted by molar-refractivity contribution is -0.132. The third-order valence-corrected chi connectivity index (χ3v) is 4.27. The van der Waals surface area contributed by atoms with E-state index < -0.39 is 0 Å². The van der Waals surface area contributed by atoms with Crippen LogP contribution in [-0.2, 0) is 11.2 Å². The Morgan fingerprint density at radius 1 is 1.15 bits per heavy atom. The first kappa shape index (κ1) is 13.4. The van der Waals surface area contributed by atoms with Gasteiger partial charge in [0.15, 0.2) is 0 Å². The van der Waals surface area contributed by atoms with Gasteiger partial charge in [0.1, 0.15) is 5.75 Å². The smallest absolute Gasteiger partial charge is 0.227 e. The molecule has 1 aromatic carbocycles. The summed E-state index contributed by atoms with van der Waals surface area (Å²) in [5.74, 6) is 1.25. The molecule has 0 radical (unpaired) electrons. The number of carbonyl (C=O) groups is 1. The van der Waals surface area contributed by atoms with E-state index in [1.807, 2.05) is 17.0 Å². The number of hydrogen-bond acceptors (Lipinski definition) is 3. The number of nitrogens with zero attached hydrogens (tertiary/aromatic N) is 2. The number of hydrogen-bond donors (Lipinski definition) is 1. The van der Waals surface area contributed by atoms with Gasteiger partial charge in [-0.15, -0.1) is 0 Å². The molecule has 0 atom stereocenters. The van der Waals surface area contributed by atoms with Crippen LogP contribution in [-0.4, -0.2) is 53.5 Å². The van der Waals surface area contributed by atoms with Gasteiger partial charge in [-0.05, 0) is 24.8 Å². The van der Waals surface area contributed by atoms with E-state index in [4.69, 9.17) is 0 Å². The summed E-state index contributed by atoms with van der Waals surface area (Å²) < 4.78 is 0. The minimum Gasteiger partial charge on any atom is -0.508 e. The molecule has 3 rings (SSSR count). The minimum absolute atomic E-state index is 0.123. The van der Waals surface area contributed by atoms with Gasteiger partial charge in [0.05, 0.1) is 6.42 Å². The van der Waals surface area contributed by atoms with Crippen molar-refractivity contribution in [2.75, 3.05) is 32.7 Å². The van der Waals surface area contributed by atoms with Crippen LogP contribution in [0.25, 0.3) is 0 Å². The molecule has 1 aliphatic carbocycles. The Bertz CT molecular complexity index is 477. The van der Waals surface area contributed by atoms with E-state index in [9.17, 15) is 9.90 Å². The van der Waals surface area contributed by atoms with E-state index in [-0.39, 0.29) is 11.7 Å². The zero-order valence-electron chi connectivity index (χ0n) is 11.8. The third kappa shape index (κ3) is 3.31. The van der Waals surface area contributed by atoms with Crippen molar-refractivity contribution in [3.63, 3.8) is 0 Å². The van der Waals surface area contributed by atoms with Crippen molar-refractivity contribution in [3.8, 4) is 5.75 Å². The van der Waals surface area contributed by atoms with Gasteiger partial charge in [0.2, 0.25) is 5.91 Å². The monoisotopic (exact) mass is 274 g/mol. The Labute approximate surface area is 120 Å². The number of aromatic hydroxyl groups is 1. The Kier molecular flexibility index (Phi) is 3.92. The Morgan fingerprint density at radius 2 is 1.85 bits per heavy atom. The Hall–Kier alpha value is -1.55. The molecule has 1 aromatic rings. The molecule has 0 aromatic heterocycles. The first-order chi connectivity index (χ1) is 9.72. The van der Waals surface area contributed by atoms with Crippen LogP contribution in [0.3, 0.4) is 0 Å². The molecule has 2 fully saturated rings. The number of carbonyl (C=O) groups excluding carboxylic acids is 1. The molecule has 20 heavy (non-hydrogen) atoms. The SMILES string of the molecule is O=C(Cc1ccccc1O)N1CCN(CC2CC2)CC1. The molecule has 4 heteroatoms. The van der Waals surface area contributed by atoms with Gasteiger partial charge in [0, 0.05) is 38.3 Å². The lowest BCUT2D eigenvalue weighted by Gasteiger charge is -2.34. The van der Waals surface area contributed by atoms with Gasteiger partial charge in [-0.25, -0.2) is 0 Å². The van der Waals surface area contributed by atoms with Crippen molar-refractivity contribution in [2.24, 2.45) is 5.92 Å². The molecule has 0 bridgehead atoms. The van der Waals surface area contributed by atoms with Crippen molar-refractivity contribution in [3.05, 3.63) is 29.8 Å². The molecular formula is C16H22N2O2. The number of phenolic OH excluding ortho intramolecular Hbond substituents is 1. The molecule has 1 heterocycles.